The largest absolute Gasteiger partial charge is 0.539 e. The first-order valence-electron chi connectivity index (χ1n) is 10.9. The number of H-pyrrole nitrogens is 1. The van der Waals surface area contributed by atoms with E-state index in [1.165, 1.54) is 0 Å². The van der Waals surface area contributed by atoms with Crippen molar-refractivity contribution in [1.82, 2.24) is 4.98 Å². The molecule has 0 bridgehead atoms. The topological polar surface area (TPSA) is 34.2 Å². The van der Waals surface area contributed by atoms with Gasteiger partial charge in [0, 0.05) is 12.3 Å². The van der Waals surface area contributed by atoms with Crippen LogP contribution in [0.2, 0.25) is 33.2 Å². The van der Waals surface area contributed by atoms with E-state index >= 15 is 0 Å². The first-order chi connectivity index (χ1) is 12.3. The van der Waals surface area contributed by atoms with Crippen LogP contribution in [0.25, 0.3) is 0 Å². The maximum atomic E-state index is 6.95. The summed E-state index contributed by atoms with van der Waals surface area (Å²) in [4.78, 5) is 3.37. The van der Waals surface area contributed by atoms with E-state index in [2.05, 4.69) is 94.1 Å². The van der Waals surface area contributed by atoms with Gasteiger partial charge in [0.1, 0.15) is 0 Å². The van der Waals surface area contributed by atoms with Gasteiger partial charge in [0.2, 0.25) is 5.88 Å². The van der Waals surface area contributed by atoms with E-state index in [1.807, 2.05) is 6.20 Å². The van der Waals surface area contributed by atoms with Crippen LogP contribution in [0.5, 0.6) is 11.6 Å². The Balaban J connectivity index is 3.37. The molecule has 1 aromatic rings. The first-order valence-corrected chi connectivity index (χ1v) is 15.2. The molecule has 1 N–H and O–H groups in total. The van der Waals surface area contributed by atoms with Gasteiger partial charge in [0.25, 0.3) is 16.6 Å². The van der Waals surface area contributed by atoms with E-state index in [1.54, 1.807) is 0 Å². The second-order valence-corrected chi connectivity index (χ2v) is 20.8. The summed E-state index contributed by atoms with van der Waals surface area (Å²) in [6, 6.07) is 2.07. The van der Waals surface area contributed by atoms with Gasteiger partial charge >= 0.3 is 0 Å². The molecule has 158 valence electrons. The predicted molar refractivity (Wildman–Crippen MR) is 124 cm³/mol. The van der Waals surface area contributed by atoms with Gasteiger partial charge in [-0.15, -0.1) is 0 Å². The second kappa shape index (κ2) is 9.21. The Morgan fingerprint density at radius 3 is 1.26 bits per heavy atom. The molecule has 0 saturated carbocycles. The van der Waals surface area contributed by atoms with Crippen molar-refractivity contribution < 1.29 is 8.85 Å². The fourth-order valence-corrected chi connectivity index (χ4v) is 16.0. The number of hydrogen-bond donors (Lipinski definition) is 1. The van der Waals surface area contributed by atoms with Gasteiger partial charge in [-0.05, 0) is 33.2 Å². The molecule has 0 aliphatic heterocycles. The van der Waals surface area contributed by atoms with Crippen molar-refractivity contribution in [3.63, 3.8) is 0 Å². The van der Waals surface area contributed by atoms with Gasteiger partial charge in [0.05, 0.1) is 0 Å². The lowest BCUT2D eigenvalue weighted by Crippen LogP contribution is -2.52. The highest BCUT2D eigenvalue weighted by molar-refractivity contribution is 6.79. The molecule has 0 aromatic carbocycles. The summed E-state index contributed by atoms with van der Waals surface area (Å²) < 4.78 is 13.9. The summed E-state index contributed by atoms with van der Waals surface area (Å²) in [5, 5.41) is 0. The molecule has 27 heavy (non-hydrogen) atoms. The summed E-state index contributed by atoms with van der Waals surface area (Å²) in [5.74, 6) is 1.79. The highest BCUT2D eigenvalue weighted by Crippen LogP contribution is 2.47. The molecule has 1 aromatic heterocycles. The Morgan fingerprint density at radius 1 is 0.593 bits per heavy atom. The summed E-state index contributed by atoms with van der Waals surface area (Å²) in [7, 11) is -4.02. The predicted octanol–water partition coefficient (Wildman–Crippen LogP) is 8.12. The lowest BCUT2D eigenvalue weighted by Gasteiger charge is -2.44. The monoisotopic (exact) mass is 411 g/mol. The molecular formula is C22H45NO2Si2. The Hall–Kier alpha value is -0.686. The van der Waals surface area contributed by atoms with E-state index < -0.39 is 16.6 Å². The van der Waals surface area contributed by atoms with E-state index in [0.29, 0.717) is 33.2 Å². The lowest BCUT2D eigenvalue weighted by atomic mass is 10.5. The van der Waals surface area contributed by atoms with Crippen molar-refractivity contribution in [1.29, 1.82) is 0 Å². The summed E-state index contributed by atoms with van der Waals surface area (Å²) >= 11 is 0. The minimum absolute atomic E-state index is 0.538. The Bertz CT molecular complexity index is 485. The Kier molecular flexibility index (Phi) is 8.30. The minimum Gasteiger partial charge on any atom is -0.539 e. The molecule has 5 heteroatoms. The van der Waals surface area contributed by atoms with E-state index in [4.69, 9.17) is 8.85 Å². The number of aromatic nitrogens is 1. The molecule has 0 fully saturated rings. The Labute approximate surface area is 170 Å². The van der Waals surface area contributed by atoms with Crippen LogP contribution in [-0.4, -0.2) is 21.6 Å². The summed E-state index contributed by atoms with van der Waals surface area (Å²) in [5.41, 5.74) is 3.25. The molecule has 0 atom stereocenters. The molecule has 1 rings (SSSR count). The van der Waals surface area contributed by atoms with Crippen LogP contribution in [0, 0.1) is 0 Å². The molecule has 0 unspecified atom stereocenters. The number of hydrogen-bond acceptors (Lipinski definition) is 2. The molecule has 0 radical (unpaired) electrons. The average Bonchev–Trinajstić information content (AvgIpc) is 2.94. The van der Waals surface area contributed by atoms with Crippen LogP contribution in [0.1, 0.15) is 83.1 Å². The number of aromatic amines is 1. The van der Waals surface area contributed by atoms with Crippen LogP contribution in [0.15, 0.2) is 12.3 Å². The normalized spacial score (nSPS) is 13.7. The van der Waals surface area contributed by atoms with Gasteiger partial charge in [-0.1, -0.05) is 83.1 Å². The van der Waals surface area contributed by atoms with Crippen molar-refractivity contribution in [3.05, 3.63) is 12.3 Å². The van der Waals surface area contributed by atoms with Crippen molar-refractivity contribution in [2.24, 2.45) is 0 Å². The smallest absolute Gasteiger partial charge is 0.260 e. The fraction of sp³-hybridized carbons (Fsp3) is 0.818. The minimum atomic E-state index is -2.02. The van der Waals surface area contributed by atoms with Crippen molar-refractivity contribution in [2.75, 3.05) is 0 Å². The maximum absolute atomic E-state index is 6.95. The van der Waals surface area contributed by atoms with Gasteiger partial charge in [-0.3, -0.25) is 0 Å². The average molecular weight is 412 g/mol. The van der Waals surface area contributed by atoms with E-state index in [9.17, 15) is 0 Å². The maximum Gasteiger partial charge on any atom is 0.260 e. The van der Waals surface area contributed by atoms with E-state index in [0.717, 1.165) is 11.6 Å². The summed E-state index contributed by atoms with van der Waals surface area (Å²) in [6.45, 7) is 27.9. The lowest BCUT2D eigenvalue weighted by molar-refractivity contribution is 0.421. The molecule has 0 saturated heterocycles. The highest BCUT2D eigenvalue weighted by Gasteiger charge is 2.50. The first kappa shape index (κ1) is 24.4. The molecule has 0 aliphatic carbocycles. The van der Waals surface area contributed by atoms with Crippen LogP contribution in [-0.2, 0) is 0 Å². The van der Waals surface area contributed by atoms with Crippen molar-refractivity contribution in [2.45, 2.75) is 116 Å². The third-order valence-corrected chi connectivity index (χ3v) is 18.6. The molecule has 0 spiro atoms. The molecule has 0 aliphatic rings. The van der Waals surface area contributed by atoms with Gasteiger partial charge in [0.15, 0.2) is 5.75 Å². The zero-order chi connectivity index (χ0) is 21.2. The highest BCUT2D eigenvalue weighted by atomic mass is 28.4. The fourth-order valence-electron chi connectivity index (χ4n) is 5.57. The second-order valence-electron chi connectivity index (χ2n) is 10.0. The third-order valence-electron chi connectivity index (χ3n) is 6.65. The quantitative estimate of drug-likeness (QED) is 0.394. The zero-order valence-corrected chi connectivity index (χ0v) is 21.9. The van der Waals surface area contributed by atoms with Crippen molar-refractivity contribution >= 4 is 16.6 Å². The zero-order valence-electron chi connectivity index (χ0n) is 19.9. The molecular weight excluding hydrogens is 366 g/mol. The van der Waals surface area contributed by atoms with Gasteiger partial charge in [-0.2, -0.15) is 0 Å². The standard InChI is InChI=1S/C22H45NO2Si2/c1-15(2)26(16(3)4,17(5)6)24-21-13-14-23-22(21)25-27(18(7)8,19(9)10)20(11)12/h13-20,23H,1-12H3. The van der Waals surface area contributed by atoms with Crippen LogP contribution in [0.3, 0.4) is 0 Å². The Morgan fingerprint density at radius 2 is 0.926 bits per heavy atom. The van der Waals surface area contributed by atoms with Crippen LogP contribution in [0.4, 0.5) is 0 Å². The van der Waals surface area contributed by atoms with Gasteiger partial charge in [-0.25, -0.2) is 0 Å². The SMILES string of the molecule is CC(C)[Si](Oc1cc[nH]c1O[Si](C(C)C)(C(C)C)C(C)C)(C(C)C)C(C)C. The molecule has 0 amide bonds. The summed E-state index contributed by atoms with van der Waals surface area (Å²) in [6.07, 6.45) is 1.98. The third kappa shape index (κ3) is 4.50. The molecule has 1 heterocycles. The van der Waals surface area contributed by atoms with Crippen LogP contribution < -0.4 is 8.85 Å². The van der Waals surface area contributed by atoms with Crippen molar-refractivity contribution in [3.8, 4) is 11.6 Å². The van der Waals surface area contributed by atoms with Gasteiger partial charge < -0.3 is 13.8 Å². The molecule has 3 nitrogen and oxygen atoms in total. The van der Waals surface area contributed by atoms with E-state index in [-0.39, 0.29) is 0 Å². The number of nitrogens with one attached hydrogen (secondary N) is 1. The number of rotatable bonds is 10. The van der Waals surface area contributed by atoms with Crippen LogP contribution >= 0.6 is 0 Å².